The summed E-state index contributed by atoms with van der Waals surface area (Å²) in [6, 6.07) is 19.1. The third-order valence-corrected chi connectivity index (χ3v) is 9.61. The van der Waals surface area contributed by atoms with E-state index in [9.17, 15) is 23.1 Å². The van der Waals surface area contributed by atoms with Crippen LogP contribution in [0.25, 0.3) is 0 Å². The van der Waals surface area contributed by atoms with E-state index in [1.54, 1.807) is 54.4 Å². The number of benzene rings is 2. The Kier molecular flexibility index (Phi) is 9.23. The summed E-state index contributed by atoms with van der Waals surface area (Å²) in [7, 11) is -3.00. The Morgan fingerprint density at radius 2 is 1.81 bits per heavy atom. The highest BCUT2D eigenvalue weighted by molar-refractivity contribution is 7.69. The number of pyridine rings is 1. The second kappa shape index (κ2) is 12.7. The smallest absolute Gasteiger partial charge is 0.304 e. The fourth-order valence-corrected chi connectivity index (χ4v) is 7.16. The summed E-state index contributed by atoms with van der Waals surface area (Å²) < 4.78 is 26.5. The van der Waals surface area contributed by atoms with Gasteiger partial charge in [-0.15, -0.1) is 0 Å². The number of thiol groups is 1. The fraction of sp³-hybridized carbons (Fsp3) is 0.387. The number of halogens is 2. The van der Waals surface area contributed by atoms with E-state index in [-0.39, 0.29) is 43.7 Å². The summed E-state index contributed by atoms with van der Waals surface area (Å²) in [5.74, 6) is -1.60. The molecule has 1 saturated carbocycles. The number of aromatic nitrogens is 1. The van der Waals surface area contributed by atoms with Gasteiger partial charge < -0.3 is 10.0 Å². The lowest BCUT2D eigenvalue weighted by Gasteiger charge is -2.52. The molecule has 1 aliphatic heterocycles. The van der Waals surface area contributed by atoms with Crippen LogP contribution in [0.2, 0.25) is 10.0 Å². The molecule has 0 radical (unpaired) electrons. The minimum atomic E-state index is -3.00. The molecule has 8 nitrogen and oxygen atoms in total. The third-order valence-electron chi connectivity index (χ3n) is 8.35. The van der Waals surface area contributed by atoms with Gasteiger partial charge in [-0.2, -0.15) is 4.31 Å². The van der Waals surface area contributed by atoms with Crippen molar-refractivity contribution < 1.29 is 23.1 Å². The number of carboxylic acid groups (broad SMARTS) is 1. The topological polar surface area (TPSA) is 108 Å². The van der Waals surface area contributed by atoms with Gasteiger partial charge in [0.15, 0.2) is 0 Å². The van der Waals surface area contributed by atoms with Crippen molar-refractivity contribution in [2.75, 3.05) is 6.54 Å². The SMILES string of the molecule is C[C@]1(CC(=O)O)C[C@H](c2cccc(Cl)c2)[C@@H](c2ccc(Cl)cc2)N([C@H](CN(Cc2ccccn2)[SH](=O)=O)C2CC2)C1=O. The van der Waals surface area contributed by atoms with Gasteiger partial charge in [0.05, 0.1) is 30.1 Å². The van der Waals surface area contributed by atoms with Gasteiger partial charge in [0, 0.05) is 34.7 Å². The third kappa shape index (κ3) is 6.80. The lowest BCUT2D eigenvalue weighted by molar-refractivity contribution is -0.161. The van der Waals surface area contributed by atoms with Crippen molar-refractivity contribution in [1.29, 1.82) is 0 Å². The zero-order valence-corrected chi connectivity index (χ0v) is 25.5. The molecule has 4 atom stereocenters. The van der Waals surface area contributed by atoms with Crippen LogP contribution in [0.1, 0.15) is 61.4 Å². The summed E-state index contributed by atoms with van der Waals surface area (Å²) >= 11 is 12.7. The Labute approximate surface area is 257 Å². The molecule has 2 heterocycles. The Morgan fingerprint density at radius 3 is 2.40 bits per heavy atom. The van der Waals surface area contributed by atoms with E-state index in [2.05, 4.69) is 4.98 Å². The average molecular weight is 631 g/mol. The highest BCUT2D eigenvalue weighted by atomic mass is 35.5. The number of hydrogen-bond donors (Lipinski definition) is 2. The molecule has 2 aromatic carbocycles. The normalized spacial score (nSPS) is 23.4. The first-order valence-corrected chi connectivity index (χ1v) is 15.8. The van der Waals surface area contributed by atoms with Gasteiger partial charge in [-0.1, -0.05) is 60.5 Å². The highest BCUT2D eigenvalue weighted by Gasteiger charge is 2.54. The molecule has 5 rings (SSSR count). The molecule has 0 unspecified atom stereocenters. The summed E-state index contributed by atoms with van der Waals surface area (Å²) in [6.07, 6.45) is 3.23. The number of carbonyl (C=O) groups is 2. The van der Waals surface area contributed by atoms with Crippen molar-refractivity contribution in [3.8, 4) is 0 Å². The number of piperidine rings is 1. The van der Waals surface area contributed by atoms with Gasteiger partial charge in [-0.3, -0.25) is 14.6 Å². The van der Waals surface area contributed by atoms with Crippen LogP contribution in [-0.2, 0) is 27.0 Å². The predicted octanol–water partition coefficient (Wildman–Crippen LogP) is 5.73. The largest absolute Gasteiger partial charge is 0.481 e. The van der Waals surface area contributed by atoms with Crippen LogP contribution in [0.5, 0.6) is 0 Å². The van der Waals surface area contributed by atoms with Crippen molar-refractivity contribution in [1.82, 2.24) is 14.2 Å². The zero-order chi connectivity index (χ0) is 30.0. The summed E-state index contributed by atoms with van der Waals surface area (Å²) in [5, 5.41) is 11.0. The first kappa shape index (κ1) is 30.5. The molecule has 1 saturated heterocycles. The molecule has 3 aromatic rings. The van der Waals surface area contributed by atoms with Crippen LogP contribution in [0.4, 0.5) is 0 Å². The number of rotatable bonds is 11. The van der Waals surface area contributed by atoms with E-state index >= 15 is 0 Å². The van der Waals surface area contributed by atoms with E-state index in [4.69, 9.17) is 23.2 Å². The summed E-state index contributed by atoms with van der Waals surface area (Å²) in [5.41, 5.74) is 1.09. The molecule has 2 fully saturated rings. The number of hydrogen-bond acceptors (Lipinski definition) is 5. The second-order valence-electron chi connectivity index (χ2n) is 11.5. The van der Waals surface area contributed by atoms with Crippen LogP contribution in [0, 0.1) is 11.3 Å². The van der Waals surface area contributed by atoms with E-state index in [0.717, 1.165) is 24.0 Å². The van der Waals surface area contributed by atoms with Crippen LogP contribution >= 0.6 is 23.2 Å². The van der Waals surface area contributed by atoms with Crippen molar-refractivity contribution in [3.05, 3.63) is 99.8 Å². The lowest BCUT2D eigenvalue weighted by Crippen LogP contribution is -2.58. The number of nitrogens with zero attached hydrogens (tertiary/aromatic N) is 3. The minimum Gasteiger partial charge on any atom is -0.481 e. The first-order chi connectivity index (χ1) is 20.1. The van der Waals surface area contributed by atoms with Crippen LogP contribution in [0.3, 0.4) is 0 Å². The molecule has 0 bridgehead atoms. The molecule has 1 N–H and O–H groups in total. The summed E-state index contributed by atoms with van der Waals surface area (Å²) in [4.78, 5) is 32.8. The Hall–Kier alpha value is -2.98. The molecule has 11 heteroatoms. The van der Waals surface area contributed by atoms with Crippen molar-refractivity contribution in [2.24, 2.45) is 11.3 Å². The molecule has 42 heavy (non-hydrogen) atoms. The lowest BCUT2D eigenvalue weighted by atomic mass is 9.67. The van der Waals surface area contributed by atoms with Gasteiger partial charge >= 0.3 is 5.97 Å². The van der Waals surface area contributed by atoms with Gasteiger partial charge in [0.2, 0.25) is 16.8 Å². The molecule has 1 amide bonds. The van der Waals surface area contributed by atoms with E-state index in [0.29, 0.717) is 15.7 Å². The second-order valence-corrected chi connectivity index (χ2v) is 13.4. The number of carboxylic acids is 1. The van der Waals surface area contributed by atoms with Gasteiger partial charge in [0.1, 0.15) is 0 Å². The molecule has 1 aliphatic carbocycles. The monoisotopic (exact) mass is 629 g/mol. The van der Waals surface area contributed by atoms with E-state index < -0.39 is 34.4 Å². The molecule has 0 spiro atoms. The molecule has 2 aliphatic rings. The predicted molar refractivity (Wildman–Crippen MR) is 162 cm³/mol. The highest BCUT2D eigenvalue weighted by Crippen LogP contribution is 2.54. The van der Waals surface area contributed by atoms with Crippen LogP contribution < -0.4 is 0 Å². The Bertz CT molecular complexity index is 1510. The van der Waals surface area contributed by atoms with Gasteiger partial charge in [-0.25, -0.2) is 8.42 Å². The summed E-state index contributed by atoms with van der Waals surface area (Å²) in [6.45, 7) is 1.84. The van der Waals surface area contributed by atoms with E-state index in [1.807, 2.05) is 30.3 Å². The average Bonchev–Trinajstić information content (AvgIpc) is 3.79. The maximum atomic E-state index is 14.6. The zero-order valence-electron chi connectivity index (χ0n) is 23.1. The quantitative estimate of drug-likeness (QED) is 0.262. The standard InChI is InChI=1S/C31H33Cl2N3O5S/c1-31(17-28(37)38)16-26(22-5-4-6-24(33)15-22)29(21-10-12-23(32)13-11-21)36(30(31)39)27(20-8-9-20)19-35(42(40)41)18-25-7-2-3-14-34-25/h2-7,10-15,20,26-27,29,42H,8-9,16-19H2,1H3,(H,37,38)/t26-,27-,29-,31-/m1/s1. The number of amides is 1. The minimum absolute atomic E-state index is 0.0668. The first-order valence-electron chi connectivity index (χ1n) is 13.9. The van der Waals surface area contributed by atoms with Crippen molar-refractivity contribution >= 4 is 46.0 Å². The molecule has 1 aromatic heterocycles. The Balaban J connectivity index is 1.64. The number of likely N-dealkylation sites (tertiary alicyclic amines) is 1. The fourth-order valence-electron chi connectivity index (χ4n) is 6.27. The van der Waals surface area contributed by atoms with Gasteiger partial charge in [-0.05, 0) is 72.7 Å². The molecular formula is C31H33Cl2N3O5S. The Morgan fingerprint density at radius 1 is 1.07 bits per heavy atom. The molecular weight excluding hydrogens is 597 g/mol. The maximum Gasteiger partial charge on any atom is 0.304 e. The van der Waals surface area contributed by atoms with Crippen LogP contribution in [0.15, 0.2) is 72.9 Å². The van der Waals surface area contributed by atoms with Crippen molar-refractivity contribution in [3.63, 3.8) is 0 Å². The number of carbonyl (C=O) groups excluding carboxylic acids is 1. The van der Waals surface area contributed by atoms with Crippen molar-refractivity contribution in [2.45, 2.75) is 57.2 Å². The molecule has 222 valence electrons. The number of aliphatic carboxylic acids is 1. The van der Waals surface area contributed by atoms with Gasteiger partial charge in [0.25, 0.3) is 0 Å². The van der Waals surface area contributed by atoms with E-state index in [1.165, 1.54) is 4.31 Å². The van der Waals surface area contributed by atoms with Crippen LogP contribution in [-0.4, -0.2) is 52.2 Å². The maximum absolute atomic E-state index is 14.6.